The summed E-state index contributed by atoms with van der Waals surface area (Å²) in [6.45, 7) is 1.23. The number of likely N-dealkylation sites (tertiary alicyclic amines) is 1. The van der Waals surface area contributed by atoms with E-state index < -0.39 is 6.04 Å². The molecule has 130 valence electrons. The zero-order valence-electron chi connectivity index (χ0n) is 13.4. The van der Waals surface area contributed by atoms with Crippen LogP contribution in [-0.2, 0) is 14.4 Å². The lowest BCUT2D eigenvalue weighted by molar-refractivity contribution is -0.201. The van der Waals surface area contributed by atoms with Gasteiger partial charge in [0.1, 0.15) is 6.04 Å². The first kappa shape index (κ1) is 17.4. The van der Waals surface area contributed by atoms with E-state index in [4.69, 9.17) is 9.57 Å². The minimum Gasteiger partial charge on any atom is -0.350 e. The molecule has 2 heterocycles. The van der Waals surface area contributed by atoms with Gasteiger partial charge in [-0.1, -0.05) is 15.9 Å². The first-order valence-corrected chi connectivity index (χ1v) is 9.08. The van der Waals surface area contributed by atoms with Gasteiger partial charge in [0.2, 0.25) is 0 Å². The number of benzene rings is 1. The van der Waals surface area contributed by atoms with Crippen LogP contribution in [0.25, 0.3) is 0 Å². The summed E-state index contributed by atoms with van der Waals surface area (Å²) in [6, 6.07) is 6.66. The predicted octanol–water partition coefficient (Wildman–Crippen LogP) is 2.63. The minimum absolute atomic E-state index is 0.130. The molecule has 0 aliphatic carbocycles. The van der Waals surface area contributed by atoms with Crippen molar-refractivity contribution < 1.29 is 19.2 Å². The van der Waals surface area contributed by atoms with Crippen LogP contribution in [0.1, 0.15) is 42.5 Å². The highest BCUT2D eigenvalue weighted by atomic mass is 79.9. The van der Waals surface area contributed by atoms with Crippen molar-refractivity contribution in [2.75, 3.05) is 13.2 Å². The summed E-state index contributed by atoms with van der Waals surface area (Å²) in [5.41, 5.74) is 3.05. The zero-order valence-corrected chi connectivity index (χ0v) is 15.0. The topological polar surface area (TPSA) is 67.9 Å². The van der Waals surface area contributed by atoms with Gasteiger partial charge in [-0.05, 0) is 49.9 Å². The van der Waals surface area contributed by atoms with Gasteiger partial charge in [-0.25, -0.2) is 10.3 Å². The summed E-state index contributed by atoms with van der Waals surface area (Å²) in [7, 11) is 0. The Morgan fingerprint density at radius 3 is 2.67 bits per heavy atom. The Bertz CT molecular complexity index is 587. The zero-order chi connectivity index (χ0) is 16.9. The molecule has 2 aliphatic rings. The molecule has 2 amide bonds. The third-order valence-electron chi connectivity index (χ3n) is 4.34. The largest absolute Gasteiger partial charge is 0.350 e. The van der Waals surface area contributed by atoms with Crippen molar-refractivity contribution in [1.82, 2.24) is 10.4 Å². The second-order valence-corrected chi connectivity index (χ2v) is 6.96. The number of nitrogens with one attached hydrogen (secondary N) is 1. The average Bonchev–Trinajstić information content (AvgIpc) is 3.10. The Labute approximate surface area is 149 Å². The van der Waals surface area contributed by atoms with E-state index in [0.29, 0.717) is 25.1 Å². The van der Waals surface area contributed by atoms with Crippen LogP contribution in [0.5, 0.6) is 0 Å². The third kappa shape index (κ3) is 4.15. The molecule has 1 aromatic carbocycles. The fraction of sp³-hybridized carbons (Fsp3) is 0.529. The van der Waals surface area contributed by atoms with Crippen LogP contribution in [-0.4, -0.2) is 42.2 Å². The maximum absolute atomic E-state index is 12.6. The highest BCUT2D eigenvalue weighted by Crippen LogP contribution is 2.22. The van der Waals surface area contributed by atoms with Gasteiger partial charge < -0.3 is 9.64 Å². The number of nitrogens with zero attached hydrogens (tertiary/aromatic N) is 1. The number of hydrogen-bond acceptors (Lipinski definition) is 4. The molecular weight excluding hydrogens is 376 g/mol. The van der Waals surface area contributed by atoms with E-state index in [1.165, 1.54) is 0 Å². The molecule has 0 aromatic heterocycles. The first-order valence-electron chi connectivity index (χ1n) is 8.29. The Kier molecular flexibility index (Phi) is 5.86. The van der Waals surface area contributed by atoms with Crippen molar-refractivity contribution in [1.29, 1.82) is 0 Å². The molecule has 0 unspecified atom stereocenters. The molecule has 0 bridgehead atoms. The van der Waals surface area contributed by atoms with Crippen LogP contribution >= 0.6 is 15.9 Å². The molecule has 0 radical (unpaired) electrons. The molecule has 2 aliphatic heterocycles. The number of rotatable bonds is 4. The van der Waals surface area contributed by atoms with Gasteiger partial charge in [0.15, 0.2) is 6.29 Å². The van der Waals surface area contributed by atoms with Gasteiger partial charge in [-0.2, -0.15) is 0 Å². The van der Waals surface area contributed by atoms with E-state index >= 15 is 0 Å². The second kappa shape index (κ2) is 8.09. The standard InChI is InChI=1S/C17H21BrN2O4/c18-13-8-6-12(7-9-13)17(22)20-10-3-4-14(20)16(21)19-24-15-5-1-2-11-23-15/h6-9,14-15H,1-5,10-11H2,(H,19,21)/t14-,15+/m1/s1. The third-order valence-corrected chi connectivity index (χ3v) is 4.87. The fourth-order valence-electron chi connectivity index (χ4n) is 3.04. The lowest BCUT2D eigenvalue weighted by Gasteiger charge is -2.26. The molecule has 3 rings (SSSR count). The summed E-state index contributed by atoms with van der Waals surface area (Å²) < 4.78 is 6.34. The van der Waals surface area contributed by atoms with E-state index in [2.05, 4.69) is 21.4 Å². The van der Waals surface area contributed by atoms with Crippen molar-refractivity contribution in [2.24, 2.45) is 0 Å². The quantitative estimate of drug-likeness (QED) is 0.794. The fourth-order valence-corrected chi connectivity index (χ4v) is 3.30. The Morgan fingerprint density at radius 2 is 1.96 bits per heavy atom. The van der Waals surface area contributed by atoms with Crippen LogP contribution in [0, 0.1) is 0 Å². The molecule has 6 nitrogen and oxygen atoms in total. The van der Waals surface area contributed by atoms with E-state index in [-0.39, 0.29) is 18.1 Å². The van der Waals surface area contributed by atoms with E-state index in [1.54, 1.807) is 17.0 Å². The Hall–Kier alpha value is -1.44. The highest BCUT2D eigenvalue weighted by Gasteiger charge is 2.35. The molecule has 1 N–H and O–H groups in total. The summed E-state index contributed by atoms with van der Waals surface area (Å²) in [5.74, 6) is -0.416. The van der Waals surface area contributed by atoms with Gasteiger partial charge >= 0.3 is 0 Å². The second-order valence-electron chi connectivity index (χ2n) is 6.04. The lowest BCUT2D eigenvalue weighted by atomic mass is 10.1. The van der Waals surface area contributed by atoms with Crippen LogP contribution in [0.3, 0.4) is 0 Å². The van der Waals surface area contributed by atoms with Crippen LogP contribution in [0.15, 0.2) is 28.7 Å². The smallest absolute Gasteiger partial charge is 0.266 e. The molecule has 24 heavy (non-hydrogen) atoms. The average molecular weight is 397 g/mol. The molecule has 7 heteroatoms. The molecule has 2 fully saturated rings. The summed E-state index contributed by atoms with van der Waals surface area (Å²) in [6.07, 6.45) is 3.87. The monoisotopic (exact) mass is 396 g/mol. The van der Waals surface area contributed by atoms with Gasteiger partial charge in [-0.3, -0.25) is 9.59 Å². The van der Waals surface area contributed by atoms with E-state index in [9.17, 15) is 9.59 Å². The van der Waals surface area contributed by atoms with Gasteiger partial charge in [0.25, 0.3) is 11.8 Å². The number of ether oxygens (including phenoxy) is 1. The van der Waals surface area contributed by atoms with Crippen molar-refractivity contribution in [3.05, 3.63) is 34.3 Å². The number of hydroxylamine groups is 1. The van der Waals surface area contributed by atoms with Crippen LogP contribution in [0.4, 0.5) is 0 Å². The number of halogens is 1. The van der Waals surface area contributed by atoms with Crippen molar-refractivity contribution in [3.63, 3.8) is 0 Å². The molecule has 0 spiro atoms. The maximum atomic E-state index is 12.6. The molecule has 2 saturated heterocycles. The first-order chi connectivity index (χ1) is 11.6. The van der Waals surface area contributed by atoms with E-state index in [0.717, 1.165) is 30.2 Å². The normalized spacial score (nSPS) is 24.0. The number of carbonyl (C=O) groups is 2. The summed E-state index contributed by atoms with van der Waals surface area (Å²) >= 11 is 3.35. The highest BCUT2D eigenvalue weighted by molar-refractivity contribution is 9.10. The number of carbonyl (C=O) groups excluding carboxylic acids is 2. The van der Waals surface area contributed by atoms with Crippen molar-refractivity contribution in [3.8, 4) is 0 Å². The van der Waals surface area contributed by atoms with Gasteiger partial charge in [0, 0.05) is 29.6 Å². The van der Waals surface area contributed by atoms with Crippen molar-refractivity contribution >= 4 is 27.7 Å². The molecule has 1 aromatic rings. The Balaban J connectivity index is 1.58. The van der Waals surface area contributed by atoms with Gasteiger partial charge in [-0.15, -0.1) is 0 Å². The number of amides is 2. The van der Waals surface area contributed by atoms with Crippen LogP contribution < -0.4 is 5.48 Å². The Morgan fingerprint density at radius 1 is 1.17 bits per heavy atom. The molecule has 2 atom stereocenters. The van der Waals surface area contributed by atoms with Gasteiger partial charge in [0.05, 0.1) is 0 Å². The number of hydrogen-bond donors (Lipinski definition) is 1. The molecule has 0 saturated carbocycles. The van der Waals surface area contributed by atoms with Crippen molar-refractivity contribution in [2.45, 2.75) is 44.4 Å². The van der Waals surface area contributed by atoms with Crippen LogP contribution in [0.2, 0.25) is 0 Å². The lowest BCUT2D eigenvalue weighted by Crippen LogP contribution is -2.47. The SMILES string of the molecule is O=C(NO[C@H]1CCCCO1)[C@H]1CCCN1C(=O)c1ccc(Br)cc1. The molecular formula is C17H21BrN2O4. The maximum Gasteiger partial charge on any atom is 0.266 e. The minimum atomic E-state index is -0.496. The van der Waals surface area contributed by atoms with E-state index in [1.807, 2.05) is 12.1 Å². The summed E-state index contributed by atoms with van der Waals surface area (Å²) in [4.78, 5) is 32.0. The predicted molar refractivity (Wildman–Crippen MR) is 91.0 cm³/mol. The summed E-state index contributed by atoms with van der Waals surface area (Å²) in [5, 5.41) is 0.